The van der Waals surface area contributed by atoms with Gasteiger partial charge in [0.05, 0.1) is 5.69 Å². The van der Waals surface area contributed by atoms with E-state index in [1.54, 1.807) is 25.6 Å². The van der Waals surface area contributed by atoms with Gasteiger partial charge >= 0.3 is 12.1 Å². The van der Waals surface area contributed by atoms with Crippen molar-refractivity contribution in [3.8, 4) is 0 Å². The molecule has 1 N–H and O–H groups in total. The van der Waals surface area contributed by atoms with Crippen LogP contribution in [0.1, 0.15) is 17.0 Å². The summed E-state index contributed by atoms with van der Waals surface area (Å²) in [4.78, 5) is 10.6. The smallest absolute Gasteiger partial charge is 0.344 e. The van der Waals surface area contributed by atoms with E-state index in [0.29, 0.717) is 11.3 Å². The van der Waals surface area contributed by atoms with Gasteiger partial charge in [0.1, 0.15) is 0 Å². The third-order valence-electron chi connectivity index (χ3n) is 2.34. The van der Waals surface area contributed by atoms with Gasteiger partial charge in [-0.3, -0.25) is 9.48 Å². The molecular weight excluding hydrogens is 223 g/mol. The van der Waals surface area contributed by atoms with Crippen LogP contribution < -0.4 is 5.32 Å². The minimum absolute atomic E-state index is 0.163. The fraction of sp³-hybridized carbons (Fsp3) is 0.556. The molecule has 4 nitrogen and oxygen atoms in total. The van der Waals surface area contributed by atoms with Crippen molar-refractivity contribution in [3.63, 3.8) is 0 Å². The summed E-state index contributed by atoms with van der Waals surface area (Å²) in [6, 6.07) is 0. The van der Waals surface area contributed by atoms with E-state index >= 15 is 0 Å². The SMILES string of the molecule is Cc1nn(C)c(C)c1CNC(=O)C(F)(F)F. The minimum atomic E-state index is -4.84. The molecule has 1 aromatic heterocycles. The normalized spacial score (nSPS) is 11.6. The highest BCUT2D eigenvalue weighted by Gasteiger charge is 2.38. The van der Waals surface area contributed by atoms with Gasteiger partial charge in [0, 0.05) is 24.8 Å². The molecule has 90 valence electrons. The lowest BCUT2D eigenvalue weighted by Crippen LogP contribution is -2.36. The Labute approximate surface area is 90.4 Å². The fourth-order valence-electron chi connectivity index (χ4n) is 1.34. The third-order valence-corrected chi connectivity index (χ3v) is 2.34. The summed E-state index contributed by atoms with van der Waals surface area (Å²) >= 11 is 0. The van der Waals surface area contributed by atoms with Crippen molar-refractivity contribution in [1.82, 2.24) is 15.1 Å². The molecule has 0 saturated carbocycles. The van der Waals surface area contributed by atoms with Crippen molar-refractivity contribution < 1.29 is 18.0 Å². The summed E-state index contributed by atoms with van der Waals surface area (Å²) in [6.07, 6.45) is -4.84. The second-order valence-corrected chi connectivity index (χ2v) is 3.45. The monoisotopic (exact) mass is 235 g/mol. The van der Waals surface area contributed by atoms with Gasteiger partial charge in [-0.1, -0.05) is 0 Å². The molecule has 0 aliphatic carbocycles. The number of aromatic nitrogens is 2. The van der Waals surface area contributed by atoms with Gasteiger partial charge in [-0.2, -0.15) is 18.3 Å². The van der Waals surface area contributed by atoms with Crippen LogP contribution in [0.15, 0.2) is 0 Å². The molecule has 1 aromatic rings. The first-order valence-corrected chi connectivity index (χ1v) is 4.57. The van der Waals surface area contributed by atoms with Gasteiger partial charge in [0.2, 0.25) is 0 Å². The summed E-state index contributed by atoms with van der Waals surface area (Å²) in [5, 5.41) is 5.85. The number of nitrogens with zero attached hydrogens (tertiary/aromatic N) is 2. The van der Waals surface area contributed by atoms with E-state index < -0.39 is 12.1 Å². The summed E-state index contributed by atoms with van der Waals surface area (Å²) in [7, 11) is 1.69. The second kappa shape index (κ2) is 4.15. The molecule has 1 heterocycles. The molecule has 16 heavy (non-hydrogen) atoms. The summed E-state index contributed by atoms with van der Waals surface area (Å²) in [6.45, 7) is 3.25. The number of rotatable bonds is 2. The number of amides is 1. The molecule has 0 radical (unpaired) electrons. The average molecular weight is 235 g/mol. The standard InChI is InChI=1S/C9H12F3N3O/c1-5-7(6(2)15(3)14-5)4-13-8(16)9(10,11)12/h4H2,1-3H3,(H,13,16). The molecular formula is C9H12F3N3O. The maximum atomic E-state index is 11.9. The average Bonchev–Trinajstić information content (AvgIpc) is 2.37. The van der Waals surface area contributed by atoms with Crippen LogP contribution in [0.4, 0.5) is 13.2 Å². The van der Waals surface area contributed by atoms with Crippen LogP contribution >= 0.6 is 0 Å². The van der Waals surface area contributed by atoms with Crippen molar-refractivity contribution in [1.29, 1.82) is 0 Å². The number of alkyl halides is 3. The molecule has 0 atom stereocenters. The highest BCUT2D eigenvalue weighted by Crippen LogP contribution is 2.16. The molecule has 1 rings (SSSR count). The number of halogens is 3. The zero-order valence-electron chi connectivity index (χ0n) is 9.14. The Hall–Kier alpha value is -1.53. The van der Waals surface area contributed by atoms with Crippen molar-refractivity contribution in [2.75, 3.05) is 0 Å². The molecule has 0 aliphatic rings. The van der Waals surface area contributed by atoms with Crippen molar-refractivity contribution in [3.05, 3.63) is 17.0 Å². The van der Waals surface area contributed by atoms with E-state index in [4.69, 9.17) is 0 Å². The highest BCUT2D eigenvalue weighted by molar-refractivity contribution is 5.81. The molecule has 7 heteroatoms. The topological polar surface area (TPSA) is 46.9 Å². The van der Waals surface area contributed by atoms with Gasteiger partial charge in [0.15, 0.2) is 0 Å². The lowest BCUT2D eigenvalue weighted by Gasteiger charge is -2.07. The first-order valence-electron chi connectivity index (χ1n) is 4.57. The fourth-order valence-corrected chi connectivity index (χ4v) is 1.34. The summed E-state index contributed by atoms with van der Waals surface area (Å²) in [5.41, 5.74) is 1.96. The number of carbonyl (C=O) groups excluding carboxylic acids is 1. The van der Waals surface area contributed by atoms with Gasteiger partial charge in [-0.15, -0.1) is 0 Å². The van der Waals surface area contributed by atoms with Crippen LogP contribution in [0, 0.1) is 13.8 Å². The number of hydrogen-bond donors (Lipinski definition) is 1. The lowest BCUT2D eigenvalue weighted by atomic mass is 10.2. The maximum absolute atomic E-state index is 11.9. The van der Waals surface area contributed by atoms with Gasteiger partial charge in [0.25, 0.3) is 0 Å². The van der Waals surface area contributed by atoms with Crippen LogP contribution in [0.5, 0.6) is 0 Å². The largest absolute Gasteiger partial charge is 0.471 e. The minimum Gasteiger partial charge on any atom is -0.344 e. The predicted molar refractivity (Wildman–Crippen MR) is 50.6 cm³/mol. The molecule has 0 bridgehead atoms. The summed E-state index contributed by atoms with van der Waals surface area (Å²) in [5.74, 6) is -1.94. The van der Waals surface area contributed by atoms with Gasteiger partial charge in [-0.25, -0.2) is 0 Å². The molecule has 0 fully saturated rings. The maximum Gasteiger partial charge on any atom is 0.471 e. The van der Waals surface area contributed by atoms with Crippen molar-refractivity contribution >= 4 is 5.91 Å². The highest BCUT2D eigenvalue weighted by atomic mass is 19.4. The molecule has 1 amide bonds. The van der Waals surface area contributed by atoms with E-state index in [-0.39, 0.29) is 6.54 Å². The van der Waals surface area contributed by atoms with Crippen LogP contribution in [-0.2, 0) is 18.4 Å². The Morgan fingerprint density at radius 1 is 1.44 bits per heavy atom. The first-order chi connectivity index (χ1) is 7.23. The van der Waals surface area contributed by atoms with E-state index in [1.165, 1.54) is 0 Å². The van der Waals surface area contributed by atoms with E-state index in [2.05, 4.69) is 5.10 Å². The molecule has 0 saturated heterocycles. The van der Waals surface area contributed by atoms with Gasteiger partial charge in [-0.05, 0) is 13.8 Å². The second-order valence-electron chi connectivity index (χ2n) is 3.45. The molecule has 0 unspecified atom stereocenters. The number of hydrogen-bond acceptors (Lipinski definition) is 2. The molecule has 0 spiro atoms. The van der Waals surface area contributed by atoms with Crippen LogP contribution in [0.3, 0.4) is 0 Å². The van der Waals surface area contributed by atoms with E-state index in [0.717, 1.165) is 5.69 Å². The van der Waals surface area contributed by atoms with Crippen LogP contribution in [0.2, 0.25) is 0 Å². The Kier molecular flexibility index (Phi) is 3.25. The number of nitrogens with one attached hydrogen (secondary N) is 1. The van der Waals surface area contributed by atoms with Crippen molar-refractivity contribution in [2.45, 2.75) is 26.6 Å². The third kappa shape index (κ3) is 2.53. The molecule has 0 aliphatic heterocycles. The lowest BCUT2D eigenvalue weighted by molar-refractivity contribution is -0.173. The number of aryl methyl sites for hydroxylation is 2. The number of carbonyl (C=O) groups is 1. The van der Waals surface area contributed by atoms with E-state index in [9.17, 15) is 18.0 Å². The van der Waals surface area contributed by atoms with Crippen LogP contribution in [0.25, 0.3) is 0 Å². The van der Waals surface area contributed by atoms with E-state index in [1.807, 2.05) is 5.32 Å². The molecule has 0 aromatic carbocycles. The van der Waals surface area contributed by atoms with Crippen LogP contribution in [-0.4, -0.2) is 21.9 Å². The Balaban J connectivity index is 2.72. The zero-order valence-corrected chi connectivity index (χ0v) is 9.14. The van der Waals surface area contributed by atoms with Crippen molar-refractivity contribution in [2.24, 2.45) is 7.05 Å². The Bertz CT molecular complexity index is 409. The first kappa shape index (κ1) is 12.5. The quantitative estimate of drug-likeness (QED) is 0.837. The zero-order chi connectivity index (χ0) is 12.5. The van der Waals surface area contributed by atoms with Gasteiger partial charge < -0.3 is 5.32 Å². The Morgan fingerprint density at radius 3 is 2.38 bits per heavy atom. The Morgan fingerprint density at radius 2 is 2.00 bits per heavy atom. The summed E-state index contributed by atoms with van der Waals surface area (Å²) < 4.78 is 37.3. The predicted octanol–water partition coefficient (Wildman–Crippen LogP) is 1.22.